The molecule has 1 fully saturated rings. The number of hydrogen-bond donors (Lipinski definition) is 3. The van der Waals surface area contributed by atoms with Gasteiger partial charge in [-0.1, -0.05) is 61.7 Å². The van der Waals surface area contributed by atoms with Gasteiger partial charge >= 0.3 is 0 Å². The van der Waals surface area contributed by atoms with Crippen molar-refractivity contribution in [1.82, 2.24) is 20.9 Å². The molecule has 4 rings (SSSR count). The van der Waals surface area contributed by atoms with E-state index >= 15 is 0 Å². The summed E-state index contributed by atoms with van der Waals surface area (Å²) in [6.45, 7) is 7.12. The Hall–Kier alpha value is -3.71. The molecule has 2 aromatic carbocycles. The zero-order valence-electron chi connectivity index (χ0n) is 25.3. The zero-order valence-corrected chi connectivity index (χ0v) is 25.3. The van der Waals surface area contributed by atoms with Crippen LogP contribution in [0.2, 0.25) is 0 Å². The summed E-state index contributed by atoms with van der Waals surface area (Å²) < 4.78 is 5.93. The molecule has 0 unspecified atom stereocenters. The molecule has 0 saturated heterocycles. The van der Waals surface area contributed by atoms with Gasteiger partial charge in [0.05, 0.1) is 6.04 Å². The van der Waals surface area contributed by atoms with Crippen LogP contribution in [0.25, 0.3) is 0 Å². The number of rotatable bonds is 13. The lowest BCUT2D eigenvalue weighted by Gasteiger charge is -2.28. The van der Waals surface area contributed by atoms with Gasteiger partial charge in [-0.05, 0) is 93.5 Å². The van der Waals surface area contributed by atoms with Crippen molar-refractivity contribution in [2.75, 3.05) is 6.54 Å². The first-order chi connectivity index (χ1) is 20.2. The van der Waals surface area contributed by atoms with Gasteiger partial charge < -0.3 is 20.7 Å². The molecule has 224 valence electrons. The fourth-order valence-corrected chi connectivity index (χ4v) is 5.35. The largest absolute Gasteiger partial charge is 0.489 e. The molecular formula is C35H46N4O3. The summed E-state index contributed by atoms with van der Waals surface area (Å²) >= 11 is 0. The highest BCUT2D eigenvalue weighted by Crippen LogP contribution is 2.23. The molecule has 1 aliphatic rings. The maximum absolute atomic E-state index is 13.8. The predicted octanol–water partition coefficient (Wildman–Crippen LogP) is 5.38. The van der Waals surface area contributed by atoms with Gasteiger partial charge in [-0.2, -0.15) is 0 Å². The fourth-order valence-electron chi connectivity index (χ4n) is 5.35. The first-order valence-electron chi connectivity index (χ1n) is 15.3. The average molecular weight is 571 g/mol. The van der Waals surface area contributed by atoms with Gasteiger partial charge in [-0.3, -0.25) is 14.6 Å². The van der Waals surface area contributed by atoms with E-state index < -0.39 is 17.6 Å². The Kier molecular flexibility index (Phi) is 11.5. The van der Waals surface area contributed by atoms with E-state index in [9.17, 15) is 9.59 Å². The monoisotopic (exact) mass is 570 g/mol. The molecule has 42 heavy (non-hydrogen) atoms. The van der Waals surface area contributed by atoms with Crippen LogP contribution in [-0.4, -0.2) is 41.0 Å². The normalized spacial score (nSPS) is 15.4. The maximum Gasteiger partial charge on any atom is 0.243 e. The van der Waals surface area contributed by atoms with Crippen LogP contribution in [0.3, 0.4) is 0 Å². The lowest BCUT2D eigenvalue weighted by atomic mass is 9.89. The summed E-state index contributed by atoms with van der Waals surface area (Å²) in [6.07, 6.45) is 10.6. The second kappa shape index (κ2) is 15.5. The number of carbonyl (C=O) groups excluding carboxylic acids is 2. The molecule has 0 spiro atoms. The van der Waals surface area contributed by atoms with Crippen molar-refractivity contribution < 1.29 is 14.3 Å². The Balaban J connectivity index is 1.44. The number of nitrogens with one attached hydrogen (secondary N) is 3. The Morgan fingerprint density at radius 1 is 0.810 bits per heavy atom. The van der Waals surface area contributed by atoms with E-state index in [4.69, 9.17) is 4.74 Å². The van der Waals surface area contributed by atoms with E-state index in [0.717, 1.165) is 29.0 Å². The summed E-state index contributed by atoms with van der Waals surface area (Å²) in [4.78, 5) is 31.3. The van der Waals surface area contributed by atoms with E-state index in [1.54, 1.807) is 12.4 Å². The molecule has 3 N–H and O–H groups in total. The van der Waals surface area contributed by atoms with Crippen LogP contribution in [0.5, 0.6) is 5.75 Å². The van der Waals surface area contributed by atoms with E-state index in [2.05, 4.69) is 20.9 Å². The molecule has 1 aromatic heterocycles. The van der Waals surface area contributed by atoms with Crippen LogP contribution >= 0.6 is 0 Å². The Morgan fingerprint density at radius 2 is 1.45 bits per heavy atom. The Morgan fingerprint density at radius 3 is 2.12 bits per heavy atom. The highest BCUT2D eigenvalue weighted by Gasteiger charge is 2.29. The number of nitrogens with zero attached hydrogens (tertiary/aromatic N) is 1. The van der Waals surface area contributed by atoms with Crippen LogP contribution in [0.15, 0.2) is 79.1 Å². The minimum atomic E-state index is -0.718. The second-order valence-corrected chi connectivity index (χ2v) is 12.4. The van der Waals surface area contributed by atoms with Crippen molar-refractivity contribution >= 4 is 11.8 Å². The quantitative estimate of drug-likeness (QED) is 0.257. The van der Waals surface area contributed by atoms with Gasteiger partial charge in [0.1, 0.15) is 18.4 Å². The third kappa shape index (κ3) is 10.6. The first-order valence-corrected chi connectivity index (χ1v) is 15.3. The van der Waals surface area contributed by atoms with Crippen LogP contribution in [0.1, 0.15) is 69.6 Å². The molecule has 3 aromatic rings. The van der Waals surface area contributed by atoms with Crippen LogP contribution in [0.4, 0.5) is 0 Å². The van der Waals surface area contributed by atoms with Crippen LogP contribution in [-0.2, 0) is 29.0 Å². The van der Waals surface area contributed by atoms with Crippen molar-refractivity contribution in [2.24, 2.45) is 5.92 Å². The number of ether oxygens (including phenoxy) is 1. The van der Waals surface area contributed by atoms with Crippen molar-refractivity contribution in [3.05, 3.63) is 95.8 Å². The third-order valence-corrected chi connectivity index (χ3v) is 7.63. The van der Waals surface area contributed by atoms with Gasteiger partial charge in [0.25, 0.3) is 0 Å². The lowest BCUT2D eigenvalue weighted by Crippen LogP contribution is -2.57. The van der Waals surface area contributed by atoms with E-state index in [1.165, 1.54) is 32.1 Å². The number of amides is 2. The van der Waals surface area contributed by atoms with Crippen molar-refractivity contribution in [3.63, 3.8) is 0 Å². The van der Waals surface area contributed by atoms with Crippen LogP contribution < -0.4 is 20.7 Å². The van der Waals surface area contributed by atoms with Gasteiger partial charge in [0.15, 0.2) is 0 Å². The highest BCUT2D eigenvalue weighted by molar-refractivity contribution is 5.90. The zero-order chi connectivity index (χ0) is 29.8. The van der Waals surface area contributed by atoms with Crippen molar-refractivity contribution in [3.8, 4) is 5.75 Å². The van der Waals surface area contributed by atoms with Gasteiger partial charge in [0, 0.05) is 24.4 Å². The van der Waals surface area contributed by atoms with Crippen LogP contribution in [0, 0.1) is 5.92 Å². The molecule has 7 heteroatoms. The smallest absolute Gasteiger partial charge is 0.243 e. The molecule has 1 saturated carbocycles. The number of hydrogen-bond acceptors (Lipinski definition) is 5. The minimum absolute atomic E-state index is 0.167. The van der Waals surface area contributed by atoms with E-state index in [-0.39, 0.29) is 11.8 Å². The highest BCUT2D eigenvalue weighted by atomic mass is 16.5. The topological polar surface area (TPSA) is 92.4 Å². The molecule has 7 nitrogen and oxygen atoms in total. The molecule has 0 bridgehead atoms. The summed E-state index contributed by atoms with van der Waals surface area (Å²) in [5.41, 5.74) is 2.65. The fraction of sp³-hybridized carbons (Fsp3) is 0.457. The third-order valence-electron chi connectivity index (χ3n) is 7.63. The standard InChI is InChI=1S/C35H46N4O3/c1-35(2,3)39-34(41)32(23-26-14-16-30(17-15-26)42-25-29-12-8-5-9-13-29)38-33(40)31(22-27-18-20-36-21-19-27)37-24-28-10-6-4-7-11-28/h5,8-9,12-21,28,31-32,37H,4,6-7,10-11,22-25H2,1-3H3,(H,38,40)(H,39,41)/t31-,32-/m0/s1. The molecule has 2 amide bonds. The molecule has 2 atom stereocenters. The molecule has 0 aliphatic heterocycles. The number of benzene rings is 2. The number of pyridine rings is 1. The summed E-state index contributed by atoms with van der Waals surface area (Å²) in [6, 6.07) is 20.5. The van der Waals surface area contributed by atoms with Gasteiger partial charge in [0.2, 0.25) is 11.8 Å². The SMILES string of the molecule is CC(C)(C)NC(=O)[C@H](Cc1ccc(OCc2ccccc2)cc1)NC(=O)[C@H](Cc1ccncc1)NCC1CCCCC1. The lowest BCUT2D eigenvalue weighted by molar-refractivity contribution is -0.130. The Labute approximate surface area is 250 Å². The van der Waals surface area contributed by atoms with Crippen molar-refractivity contribution in [1.29, 1.82) is 0 Å². The Bertz CT molecular complexity index is 1240. The van der Waals surface area contributed by atoms with Crippen molar-refractivity contribution in [2.45, 2.75) is 89.9 Å². The summed E-state index contributed by atoms with van der Waals surface area (Å²) in [5, 5.41) is 9.71. The summed E-state index contributed by atoms with van der Waals surface area (Å²) in [5.74, 6) is 0.968. The van der Waals surface area contributed by atoms with Gasteiger partial charge in [-0.25, -0.2) is 0 Å². The summed E-state index contributed by atoms with van der Waals surface area (Å²) in [7, 11) is 0. The van der Waals surface area contributed by atoms with Gasteiger partial charge in [-0.15, -0.1) is 0 Å². The number of aromatic nitrogens is 1. The first kappa shape index (κ1) is 31.2. The number of carbonyl (C=O) groups is 2. The van der Waals surface area contributed by atoms with E-state index in [1.807, 2.05) is 87.5 Å². The minimum Gasteiger partial charge on any atom is -0.489 e. The molecular weight excluding hydrogens is 524 g/mol. The molecule has 1 heterocycles. The van der Waals surface area contributed by atoms with E-state index in [0.29, 0.717) is 25.4 Å². The average Bonchev–Trinajstić information content (AvgIpc) is 2.99. The molecule has 1 aliphatic carbocycles. The maximum atomic E-state index is 13.8. The second-order valence-electron chi connectivity index (χ2n) is 12.4. The molecule has 0 radical (unpaired) electrons. The predicted molar refractivity (Wildman–Crippen MR) is 167 cm³/mol.